The van der Waals surface area contributed by atoms with E-state index in [4.69, 9.17) is 5.73 Å². The molecule has 0 aromatic rings. The van der Waals surface area contributed by atoms with Crippen LogP contribution >= 0.6 is 0 Å². The van der Waals surface area contributed by atoms with E-state index in [0.717, 1.165) is 32.1 Å². The molecule has 1 unspecified atom stereocenters. The number of hydrogen-bond acceptors (Lipinski definition) is 3. The van der Waals surface area contributed by atoms with Crippen molar-refractivity contribution < 1.29 is 9.59 Å². The van der Waals surface area contributed by atoms with Crippen molar-refractivity contribution in [2.24, 2.45) is 23.5 Å². The van der Waals surface area contributed by atoms with Gasteiger partial charge in [-0.2, -0.15) is 0 Å². The molecule has 25 heavy (non-hydrogen) atoms. The molecule has 2 amide bonds. The van der Waals surface area contributed by atoms with Crippen LogP contribution in [0.3, 0.4) is 0 Å². The lowest BCUT2D eigenvalue weighted by Gasteiger charge is -2.30. The summed E-state index contributed by atoms with van der Waals surface area (Å²) < 4.78 is 0. The van der Waals surface area contributed by atoms with Gasteiger partial charge in [-0.3, -0.25) is 9.59 Å². The van der Waals surface area contributed by atoms with Crippen LogP contribution in [0.25, 0.3) is 0 Å². The largest absolute Gasteiger partial charge is 0.353 e. The summed E-state index contributed by atoms with van der Waals surface area (Å²) in [5, 5.41) is 6.31. The summed E-state index contributed by atoms with van der Waals surface area (Å²) in [6.07, 6.45) is 10.1. The summed E-state index contributed by atoms with van der Waals surface area (Å²) in [6, 6.07) is 0.329. The molecule has 2 fully saturated rings. The Labute approximate surface area is 152 Å². The number of nitrogens with one attached hydrogen (secondary N) is 2. The first-order valence-corrected chi connectivity index (χ1v) is 10.3. The van der Waals surface area contributed by atoms with E-state index < -0.39 is 0 Å². The normalized spacial score (nSPS) is 25.8. The molecule has 0 aromatic carbocycles. The highest BCUT2D eigenvalue weighted by Gasteiger charge is 2.28. The van der Waals surface area contributed by atoms with Crippen molar-refractivity contribution in [3.63, 3.8) is 0 Å². The van der Waals surface area contributed by atoms with Gasteiger partial charge in [0.15, 0.2) is 0 Å². The first-order chi connectivity index (χ1) is 12.0. The predicted octanol–water partition coefficient (Wildman–Crippen LogP) is 2.73. The monoisotopic (exact) mass is 351 g/mol. The molecule has 2 saturated carbocycles. The fraction of sp³-hybridized carbons (Fsp3) is 0.900. The van der Waals surface area contributed by atoms with Crippen molar-refractivity contribution >= 4 is 11.8 Å². The quantitative estimate of drug-likeness (QED) is 0.628. The van der Waals surface area contributed by atoms with Gasteiger partial charge in [0, 0.05) is 31.0 Å². The average Bonchev–Trinajstić information content (AvgIpc) is 3.07. The minimum absolute atomic E-state index is 0.0733. The van der Waals surface area contributed by atoms with E-state index >= 15 is 0 Å². The third-order valence-corrected chi connectivity index (χ3v) is 5.80. The van der Waals surface area contributed by atoms with Gasteiger partial charge in [0.25, 0.3) is 0 Å². The van der Waals surface area contributed by atoms with E-state index in [0.29, 0.717) is 24.8 Å². The van der Waals surface area contributed by atoms with Crippen LogP contribution in [0.4, 0.5) is 0 Å². The molecule has 5 nitrogen and oxygen atoms in total. The molecule has 2 aliphatic carbocycles. The SMILES string of the molecule is CC(C)CC(CN)NC(=O)C1CCC(NC(=O)CC2CCCC2)CC1. The first-order valence-electron chi connectivity index (χ1n) is 10.3. The molecule has 0 heterocycles. The van der Waals surface area contributed by atoms with Crippen LogP contribution in [-0.4, -0.2) is 30.4 Å². The molecular formula is C20H37N3O2. The van der Waals surface area contributed by atoms with Gasteiger partial charge in [-0.1, -0.05) is 26.7 Å². The second kappa shape index (κ2) is 10.1. The fourth-order valence-corrected chi connectivity index (χ4v) is 4.37. The highest BCUT2D eigenvalue weighted by molar-refractivity contribution is 5.79. The lowest BCUT2D eigenvalue weighted by molar-refractivity contribution is -0.127. The molecule has 2 rings (SSSR count). The van der Waals surface area contributed by atoms with Gasteiger partial charge in [-0.15, -0.1) is 0 Å². The van der Waals surface area contributed by atoms with Crippen molar-refractivity contribution in [2.75, 3.05) is 6.54 Å². The van der Waals surface area contributed by atoms with Gasteiger partial charge in [0.1, 0.15) is 0 Å². The van der Waals surface area contributed by atoms with Gasteiger partial charge >= 0.3 is 0 Å². The van der Waals surface area contributed by atoms with Crippen LogP contribution in [0, 0.1) is 17.8 Å². The molecule has 2 aliphatic rings. The zero-order chi connectivity index (χ0) is 18.2. The third-order valence-electron chi connectivity index (χ3n) is 5.80. The topological polar surface area (TPSA) is 84.2 Å². The zero-order valence-electron chi connectivity index (χ0n) is 16.1. The van der Waals surface area contributed by atoms with Crippen LogP contribution in [0.15, 0.2) is 0 Å². The molecule has 0 aliphatic heterocycles. The van der Waals surface area contributed by atoms with Crippen molar-refractivity contribution in [2.45, 2.75) is 90.1 Å². The molecule has 4 N–H and O–H groups in total. The Morgan fingerprint density at radius 2 is 1.68 bits per heavy atom. The lowest BCUT2D eigenvalue weighted by Crippen LogP contribution is -2.46. The summed E-state index contributed by atoms with van der Waals surface area (Å²) >= 11 is 0. The van der Waals surface area contributed by atoms with Gasteiger partial charge in [0.05, 0.1) is 0 Å². The molecule has 5 heteroatoms. The average molecular weight is 352 g/mol. The van der Waals surface area contributed by atoms with Crippen molar-refractivity contribution in [1.82, 2.24) is 10.6 Å². The number of nitrogens with two attached hydrogens (primary N) is 1. The number of hydrogen-bond donors (Lipinski definition) is 3. The van der Waals surface area contributed by atoms with Crippen LogP contribution < -0.4 is 16.4 Å². The molecule has 0 radical (unpaired) electrons. The standard InChI is InChI=1S/C20H37N3O2/c1-14(2)11-18(13-21)23-20(25)16-7-9-17(10-8-16)22-19(24)12-15-5-3-4-6-15/h14-18H,3-13,21H2,1-2H3,(H,22,24)(H,23,25). The predicted molar refractivity (Wildman–Crippen MR) is 101 cm³/mol. The molecule has 0 saturated heterocycles. The second-order valence-corrected chi connectivity index (χ2v) is 8.54. The van der Waals surface area contributed by atoms with E-state index in [1.165, 1.54) is 25.7 Å². The van der Waals surface area contributed by atoms with Gasteiger partial charge in [0.2, 0.25) is 11.8 Å². The Morgan fingerprint density at radius 1 is 1.04 bits per heavy atom. The lowest BCUT2D eigenvalue weighted by atomic mass is 9.85. The van der Waals surface area contributed by atoms with Crippen LogP contribution in [-0.2, 0) is 9.59 Å². The third kappa shape index (κ3) is 6.96. The van der Waals surface area contributed by atoms with Gasteiger partial charge < -0.3 is 16.4 Å². The van der Waals surface area contributed by atoms with Crippen molar-refractivity contribution in [3.8, 4) is 0 Å². The number of carbonyl (C=O) groups is 2. The summed E-state index contributed by atoms with van der Waals surface area (Å²) in [5.41, 5.74) is 5.78. The maximum Gasteiger partial charge on any atom is 0.223 e. The van der Waals surface area contributed by atoms with E-state index in [1.54, 1.807) is 0 Å². The van der Waals surface area contributed by atoms with Gasteiger partial charge in [-0.05, 0) is 56.8 Å². The maximum absolute atomic E-state index is 12.5. The smallest absolute Gasteiger partial charge is 0.223 e. The minimum atomic E-state index is 0.0733. The molecule has 0 spiro atoms. The Hall–Kier alpha value is -1.10. The summed E-state index contributed by atoms with van der Waals surface area (Å²) in [4.78, 5) is 24.6. The number of rotatable bonds is 8. The van der Waals surface area contributed by atoms with Crippen LogP contribution in [0.5, 0.6) is 0 Å². The Balaban J connectivity index is 1.67. The summed E-state index contributed by atoms with van der Waals surface area (Å²) in [6.45, 7) is 4.79. The number of amides is 2. The highest BCUT2D eigenvalue weighted by atomic mass is 16.2. The van der Waals surface area contributed by atoms with Crippen LogP contribution in [0.1, 0.15) is 78.1 Å². The van der Waals surface area contributed by atoms with Crippen molar-refractivity contribution in [1.29, 1.82) is 0 Å². The Morgan fingerprint density at radius 3 is 2.24 bits per heavy atom. The highest BCUT2D eigenvalue weighted by Crippen LogP contribution is 2.28. The summed E-state index contributed by atoms with van der Waals surface area (Å²) in [5.74, 6) is 1.55. The van der Waals surface area contributed by atoms with Gasteiger partial charge in [-0.25, -0.2) is 0 Å². The van der Waals surface area contributed by atoms with Crippen LogP contribution in [0.2, 0.25) is 0 Å². The van der Waals surface area contributed by atoms with Crippen molar-refractivity contribution in [3.05, 3.63) is 0 Å². The Bertz CT molecular complexity index is 425. The van der Waals surface area contributed by atoms with E-state index in [-0.39, 0.29) is 29.8 Å². The first kappa shape index (κ1) is 20.2. The molecule has 1 atom stereocenters. The number of carbonyl (C=O) groups excluding carboxylic acids is 2. The fourth-order valence-electron chi connectivity index (χ4n) is 4.37. The van der Waals surface area contributed by atoms with E-state index in [2.05, 4.69) is 24.5 Å². The molecule has 0 aromatic heterocycles. The molecule has 144 valence electrons. The zero-order valence-corrected chi connectivity index (χ0v) is 16.1. The summed E-state index contributed by atoms with van der Waals surface area (Å²) in [7, 11) is 0. The molecular weight excluding hydrogens is 314 g/mol. The maximum atomic E-state index is 12.5. The van der Waals surface area contributed by atoms with E-state index in [1.807, 2.05) is 0 Å². The second-order valence-electron chi connectivity index (χ2n) is 8.54. The minimum Gasteiger partial charge on any atom is -0.353 e. The molecule has 0 bridgehead atoms. The Kier molecular flexibility index (Phi) is 8.20. The van der Waals surface area contributed by atoms with E-state index in [9.17, 15) is 9.59 Å².